The minimum atomic E-state index is -0.570. The number of hydrogen-bond acceptors (Lipinski definition) is 5. The van der Waals surface area contributed by atoms with E-state index in [-0.39, 0.29) is 11.5 Å². The van der Waals surface area contributed by atoms with Crippen molar-refractivity contribution in [1.82, 2.24) is 9.55 Å². The molecule has 0 aliphatic heterocycles. The predicted octanol–water partition coefficient (Wildman–Crippen LogP) is 5.03. The van der Waals surface area contributed by atoms with E-state index in [1.54, 1.807) is 73.7 Å². The molecule has 0 fully saturated rings. The van der Waals surface area contributed by atoms with Crippen molar-refractivity contribution in [3.63, 3.8) is 0 Å². The van der Waals surface area contributed by atoms with E-state index in [4.69, 9.17) is 16.9 Å². The van der Waals surface area contributed by atoms with Crippen LogP contribution in [0.3, 0.4) is 0 Å². The fourth-order valence-electron chi connectivity index (χ4n) is 3.16. The van der Waals surface area contributed by atoms with Gasteiger partial charge in [-0.15, -0.1) is 0 Å². The summed E-state index contributed by atoms with van der Waals surface area (Å²) in [4.78, 5) is 30.8. The monoisotopic (exact) mass is 460 g/mol. The van der Waals surface area contributed by atoms with Crippen LogP contribution < -0.4 is 10.9 Å². The van der Waals surface area contributed by atoms with Crippen LogP contribution >= 0.6 is 23.4 Å². The zero-order chi connectivity index (χ0) is 22.7. The van der Waals surface area contributed by atoms with Crippen molar-refractivity contribution >= 4 is 45.9 Å². The number of aromatic nitrogens is 2. The summed E-state index contributed by atoms with van der Waals surface area (Å²) in [6.45, 7) is 1.73. The van der Waals surface area contributed by atoms with Gasteiger partial charge in [-0.2, -0.15) is 5.26 Å². The van der Waals surface area contributed by atoms with E-state index in [0.29, 0.717) is 38.0 Å². The highest BCUT2D eigenvalue weighted by atomic mass is 35.5. The lowest BCUT2D eigenvalue weighted by Crippen LogP contribution is -2.26. The van der Waals surface area contributed by atoms with Gasteiger partial charge in [-0.1, -0.05) is 47.6 Å². The van der Waals surface area contributed by atoms with Crippen LogP contribution in [0.1, 0.15) is 12.5 Å². The summed E-state index contributed by atoms with van der Waals surface area (Å²) in [5.74, 6) is -0.273. The normalized spacial score (nSPS) is 11.7. The fourth-order valence-corrected chi connectivity index (χ4v) is 4.27. The van der Waals surface area contributed by atoms with Crippen LogP contribution in [-0.4, -0.2) is 20.7 Å². The second-order valence-electron chi connectivity index (χ2n) is 6.97. The van der Waals surface area contributed by atoms with Gasteiger partial charge in [-0.25, -0.2) is 4.98 Å². The van der Waals surface area contributed by atoms with Gasteiger partial charge < -0.3 is 5.32 Å². The maximum atomic E-state index is 13.3. The topological polar surface area (TPSA) is 87.8 Å². The quantitative estimate of drug-likeness (QED) is 0.333. The maximum Gasteiger partial charge on any atom is 0.266 e. The van der Waals surface area contributed by atoms with Crippen LogP contribution in [0.2, 0.25) is 5.02 Å². The molecule has 1 amide bonds. The number of anilines is 1. The number of para-hydroxylation sites is 1. The number of amides is 1. The molecule has 4 rings (SSSR count). The van der Waals surface area contributed by atoms with Crippen molar-refractivity contribution in [2.45, 2.75) is 17.3 Å². The zero-order valence-electron chi connectivity index (χ0n) is 16.9. The molecule has 4 aromatic rings. The fraction of sp³-hybridized carbons (Fsp3) is 0.0833. The third-order valence-corrected chi connectivity index (χ3v) is 6.01. The predicted molar refractivity (Wildman–Crippen MR) is 127 cm³/mol. The molecule has 0 saturated heterocycles. The molecule has 8 heteroatoms. The minimum absolute atomic E-state index is 0.241. The van der Waals surface area contributed by atoms with Gasteiger partial charge in [0.15, 0.2) is 5.16 Å². The highest BCUT2D eigenvalue weighted by Gasteiger charge is 2.20. The summed E-state index contributed by atoms with van der Waals surface area (Å²) in [7, 11) is 0. The highest BCUT2D eigenvalue weighted by Crippen LogP contribution is 2.27. The molecular weight excluding hydrogens is 444 g/mol. The van der Waals surface area contributed by atoms with E-state index in [9.17, 15) is 9.59 Å². The van der Waals surface area contributed by atoms with Crippen molar-refractivity contribution in [3.05, 3.63) is 93.7 Å². The zero-order valence-corrected chi connectivity index (χ0v) is 18.5. The average Bonchev–Trinajstić information content (AvgIpc) is 2.79. The van der Waals surface area contributed by atoms with Gasteiger partial charge in [0.05, 0.1) is 33.5 Å². The molecule has 1 heterocycles. The van der Waals surface area contributed by atoms with Gasteiger partial charge in [-0.3, -0.25) is 14.2 Å². The summed E-state index contributed by atoms with van der Waals surface area (Å²) in [6.07, 6.45) is 0. The number of nitrogens with one attached hydrogen (secondary N) is 1. The number of thioether (sulfide) groups is 1. The van der Waals surface area contributed by atoms with Gasteiger partial charge >= 0.3 is 0 Å². The molecule has 32 heavy (non-hydrogen) atoms. The van der Waals surface area contributed by atoms with E-state index in [0.717, 1.165) is 0 Å². The van der Waals surface area contributed by atoms with Crippen molar-refractivity contribution in [2.24, 2.45) is 0 Å². The SMILES string of the molecule is C[C@@H](Sc1nc2ccccc2c(=O)n1-c1cccc(Cl)c1)C(=O)Nc1cccc(C#N)c1. The van der Waals surface area contributed by atoms with Crippen molar-refractivity contribution < 1.29 is 4.79 Å². The molecule has 158 valence electrons. The van der Waals surface area contributed by atoms with Crippen molar-refractivity contribution in [2.75, 3.05) is 5.32 Å². The lowest BCUT2D eigenvalue weighted by atomic mass is 10.2. The molecule has 1 atom stereocenters. The first-order valence-corrected chi connectivity index (χ1v) is 11.0. The molecular formula is C24H17ClN4O2S. The standard InChI is InChI=1S/C24H17ClN4O2S/c1-15(22(30)27-18-8-4-6-16(12-18)14-26)32-24-28-21-11-3-2-10-20(21)23(31)29(24)19-9-5-7-17(25)13-19/h2-13,15H,1H3,(H,27,30)/t15-/m1/s1. The van der Waals surface area contributed by atoms with Crippen LogP contribution in [0, 0.1) is 11.3 Å². The number of halogens is 1. The third kappa shape index (κ3) is 4.52. The van der Waals surface area contributed by atoms with Gasteiger partial charge in [-0.05, 0) is 55.5 Å². The number of hydrogen-bond donors (Lipinski definition) is 1. The number of nitriles is 1. The van der Waals surface area contributed by atoms with Crippen LogP contribution in [0.25, 0.3) is 16.6 Å². The van der Waals surface area contributed by atoms with Crippen LogP contribution in [0.15, 0.2) is 82.7 Å². The number of benzene rings is 3. The Kier molecular flexibility index (Phi) is 6.26. The maximum absolute atomic E-state index is 13.3. The first kappa shape index (κ1) is 21.6. The molecule has 3 aromatic carbocycles. The Morgan fingerprint density at radius 1 is 1.12 bits per heavy atom. The summed E-state index contributed by atoms with van der Waals surface area (Å²) in [5, 5.41) is 12.6. The largest absolute Gasteiger partial charge is 0.325 e. The highest BCUT2D eigenvalue weighted by molar-refractivity contribution is 8.00. The van der Waals surface area contributed by atoms with E-state index < -0.39 is 5.25 Å². The Morgan fingerprint density at radius 3 is 2.69 bits per heavy atom. The van der Waals surface area contributed by atoms with Gasteiger partial charge in [0.2, 0.25) is 5.91 Å². The lowest BCUT2D eigenvalue weighted by Gasteiger charge is -2.16. The van der Waals surface area contributed by atoms with E-state index in [1.807, 2.05) is 12.1 Å². The van der Waals surface area contributed by atoms with Crippen LogP contribution in [0.5, 0.6) is 0 Å². The van der Waals surface area contributed by atoms with Crippen LogP contribution in [-0.2, 0) is 4.79 Å². The number of fused-ring (bicyclic) bond motifs is 1. The van der Waals surface area contributed by atoms with E-state index in [2.05, 4.69) is 10.3 Å². The molecule has 0 unspecified atom stereocenters. The molecule has 0 aliphatic rings. The van der Waals surface area contributed by atoms with E-state index in [1.165, 1.54) is 16.3 Å². The lowest BCUT2D eigenvalue weighted by molar-refractivity contribution is -0.115. The van der Waals surface area contributed by atoms with Crippen LogP contribution in [0.4, 0.5) is 5.69 Å². The average molecular weight is 461 g/mol. The Hall–Kier alpha value is -3.60. The Bertz CT molecular complexity index is 1430. The molecule has 0 aliphatic carbocycles. The van der Waals surface area contributed by atoms with Gasteiger partial charge in [0, 0.05) is 10.7 Å². The Balaban J connectivity index is 1.71. The second kappa shape index (κ2) is 9.27. The number of carbonyl (C=O) groups is 1. The van der Waals surface area contributed by atoms with Gasteiger partial charge in [0.25, 0.3) is 5.56 Å². The number of nitrogens with zero attached hydrogens (tertiary/aromatic N) is 3. The molecule has 1 N–H and O–H groups in total. The molecule has 6 nitrogen and oxygen atoms in total. The van der Waals surface area contributed by atoms with Crippen molar-refractivity contribution in [3.8, 4) is 11.8 Å². The third-order valence-electron chi connectivity index (χ3n) is 4.72. The first-order chi connectivity index (χ1) is 15.5. The molecule has 0 bridgehead atoms. The number of carbonyl (C=O) groups excluding carboxylic acids is 1. The van der Waals surface area contributed by atoms with E-state index >= 15 is 0 Å². The molecule has 1 aromatic heterocycles. The minimum Gasteiger partial charge on any atom is -0.325 e. The molecule has 0 saturated carbocycles. The molecule has 0 spiro atoms. The van der Waals surface area contributed by atoms with Gasteiger partial charge in [0.1, 0.15) is 0 Å². The second-order valence-corrected chi connectivity index (χ2v) is 8.72. The summed E-state index contributed by atoms with van der Waals surface area (Å²) in [5.41, 5.74) is 1.86. The summed E-state index contributed by atoms with van der Waals surface area (Å²) in [6, 6.07) is 22.7. The smallest absolute Gasteiger partial charge is 0.266 e. The van der Waals surface area contributed by atoms with Crippen molar-refractivity contribution in [1.29, 1.82) is 5.26 Å². The first-order valence-electron chi connectivity index (χ1n) is 9.71. The Labute approximate surface area is 193 Å². The Morgan fingerprint density at radius 2 is 1.91 bits per heavy atom. The summed E-state index contributed by atoms with van der Waals surface area (Å²) >= 11 is 7.33. The number of rotatable bonds is 5. The summed E-state index contributed by atoms with van der Waals surface area (Å²) < 4.78 is 1.47. The molecule has 0 radical (unpaired) electrons.